The van der Waals surface area contributed by atoms with Crippen LogP contribution in [0.1, 0.15) is 36.3 Å². The van der Waals surface area contributed by atoms with Gasteiger partial charge in [0, 0.05) is 12.5 Å². The summed E-state index contributed by atoms with van der Waals surface area (Å²) in [6, 6.07) is 15.8. The summed E-state index contributed by atoms with van der Waals surface area (Å²) in [6.07, 6.45) is 1.31. The van der Waals surface area contributed by atoms with Crippen molar-refractivity contribution in [2.24, 2.45) is 10.9 Å². The number of aliphatic carboxylic acids is 1. The van der Waals surface area contributed by atoms with Gasteiger partial charge in [0.2, 0.25) is 0 Å². The molecule has 0 amide bonds. The van der Waals surface area contributed by atoms with Gasteiger partial charge in [0.15, 0.2) is 0 Å². The van der Waals surface area contributed by atoms with E-state index in [2.05, 4.69) is 29.3 Å². The lowest BCUT2D eigenvalue weighted by Crippen LogP contribution is -2.29. The van der Waals surface area contributed by atoms with Crippen LogP contribution >= 0.6 is 0 Å². The molecule has 2 aliphatic carbocycles. The zero-order valence-electron chi connectivity index (χ0n) is 14.3. The second-order valence-corrected chi connectivity index (χ2v) is 6.88. The Hall–Kier alpha value is -2.82. The van der Waals surface area contributed by atoms with Crippen LogP contribution in [0.5, 0.6) is 0 Å². The van der Waals surface area contributed by atoms with E-state index in [0.717, 1.165) is 17.5 Å². The minimum absolute atomic E-state index is 0.0135. The number of fused-ring (bicyclic) bond motifs is 3. The van der Waals surface area contributed by atoms with E-state index in [1.54, 1.807) is 0 Å². The van der Waals surface area contributed by atoms with Crippen LogP contribution in [0.25, 0.3) is 11.1 Å². The molecular formula is C21H20NO4-. The third-order valence-electron chi connectivity index (χ3n) is 5.40. The first-order chi connectivity index (χ1) is 12.6. The van der Waals surface area contributed by atoms with Gasteiger partial charge in [-0.15, -0.1) is 0 Å². The highest BCUT2D eigenvalue weighted by atomic mass is 16.6. The minimum Gasteiger partial charge on any atom is -0.599 e. The maximum absolute atomic E-state index is 12.2. The number of hydrogen-bond donors (Lipinski definition) is 1. The Morgan fingerprint density at radius 3 is 2.31 bits per heavy atom. The Labute approximate surface area is 152 Å². The molecule has 2 aromatic carbocycles. The van der Waals surface area contributed by atoms with E-state index >= 15 is 0 Å². The number of rotatable bonds is 4. The number of aliphatic imine (C=N–C) groups is 1. The lowest BCUT2D eigenvalue weighted by atomic mass is 9.98. The molecule has 1 fully saturated rings. The Morgan fingerprint density at radius 2 is 1.69 bits per heavy atom. The number of nitrogens with zero attached hydrogens (tertiary/aromatic N) is 1. The van der Waals surface area contributed by atoms with Crippen LogP contribution < -0.4 is 5.11 Å². The third-order valence-corrected chi connectivity index (χ3v) is 5.40. The molecule has 0 heterocycles. The Kier molecular flexibility index (Phi) is 4.37. The molecule has 2 atom stereocenters. The Bertz CT molecular complexity index is 815. The molecular weight excluding hydrogens is 330 g/mol. The Morgan fingerprint density at radius 1 is 1.08 bits per heavy atom. The van der Waals surface area contributed by atoms with Crippen molar-refractivity contribution in [2.45, 2.75) is 31.2 Å². The van der Waals surface area contributed by atoms with Gasteiger partial charge in [-0.3, -0.25) is 9.79 Å². The van der Waals surface area contributed by atoms with Gasteiger partial charge in [0.05, 0.1) is 12.0 Å². The fourth-order valence-corrected chi connectivity index (χ4v) is 4.15. The molecule has 0 radical (unpaired) electrons. The highest BCUT2D eigenvalue weighted by Gasteiger charge is 2.32. The summed E-state index contributed by atoms with van der Waals surface area (Å²) >= 11 is 0. The predicted octanol–water partition coefficient (Wildman–Crippen LogP) is 2.79. The van der Waals surface area contributed by atoms with Crippen molar-refractivity contribution in [3.05, 3.63) is 59.7 Å². The third kappa shape index (κ3) is 2.94. The van der Waals surface area contributed by atoms with E-state index in [9.17, 15) is 15.0 Å². The molecule has 0 bridgehead atoms. The van der Waals surface area contributed by atoms with Crippen LogP contribution in [0.4, 0.5) is 0 Å². The van der Waals surface area contributed by atoms with Crippen LogP contribution in [0.15, 0.2) is 53.5 Å². The van der Waals surface area contributed by atoms with E-state index in [-0.39, 0.29) is 12.5 Å². The van der Waals surface area contributed by atoms with Gasteiger partial charge >= 0.3 is 5.97 Å². The number of benzene rings is 2. The monoisotopic (exact) mass is 350 g/mol. The molecule has 2 aliphatic rings. The van der Waals surface area contributed by atoms with Crippen molar-refractivity contribution in [1.82, 2.24) is 0 Å². The molecule has 2 aromatic rings. The molecule has 134 valence electrons. The van der Waals surface area contributed by atoms with Gasteiger partial charge in [0.1, 0.15) is 6.08 Å². The lowest BCUT2D eigenvalue weighted by molar-refractivity contribution is -0.251. The maximum atomic E-state index is 12.2. The summed E-state index contributed by atoms with van der Waals surface area (Å²) in [5, 5.41) is 21.4. The van der Waals surface area contributed by atoms with E-state index in [4.69, 9.17) is 4.74 Å². The summed E-state index contributed by atoms with van der Waals surface area (Å²) in [5.41, 5.74) is 4.63. The summed E-state index contributed by atoms with van der Waals surface area (Å²) in [4.78, 5) is 15.2. The van der Waals surface area contributed by atoms with Gasteiger partial charge < -0.3 is 14.9 Å². The van der Waals surface area contributed by atoms with Crippen LogP contribution in [0.2, 0.25) is 0 Å². The van der Waals surface area contributed by atoms with Gasteiger partial charge in [-0.1, -0.05) is 55.0 Å². The van der Waals surface area contributed by atoms with Crippen LogP contribution in [-0.4, -0.2) is 29.8 Å². The van der Waals surface area contributed by atoms with Crippen molar-refractivity contribution < 1.29 is 19.7 Å². The van der Waals surface area contributed by atoms with Crippen LogP contribution in [0, 0.1) is 5.92 Å². The number of carbonyl (C=O) groups is 1. The summed E-state index contributed by atoms with van der Waals surface area (Å²) in [7, 11) is 0. The molecule has 26 heavy (non-hydrogen) atoms. The van der Waals surface area contributed by atoms with Crippen molar-refractivity contribution >= 4 is 12.1 Å². The molecule has 0 unspecified atom stereocenters. The van der Waals surface area contributed by atoms with Crippen molar-refractivity contribution in [2.75, 3.05) is 6.61 Å². The van der Waals surface area contributed by atoms with E-state index in [1.165, 1.54) is 11.1 Å². The molecule has 0 saturated heterocycles. The normalized spacial score (nSPS) is 22.1. The zero-order chi connectivity index (χ0) is 18.1. The number of ether oxygens (including phenoxy) is 1. The average Bonchev–Trinajstić information content (AvgIpc) is 3.23. The largest absolute Gasteiger partial charge is 0.599 e. The highest BCUT2D eigenvalue weighted by molar-refractivity contribution is 5.79. The van der Waals surface area contributed by atoms with Crippen molar-refractivity contribution in [3.8, 4) is 11.1 Å². The molecule has 4 rings (SSSR count). The van der Waals surface area contributed by atoms with Gasteiger partial charge in [-0.25, -0.2) is 0 Å². The fraction of sp³-hybridized carbons (Fsp3) is 0.333. The summed E-state index contributed by atoms with van der Waals surface area (Å²) in [6.45, 7) is 0.209. The standard InChI is InChI=1S/C21H21NO4/c23-20(24)17-10-5-11-19(17)22-21(25)26-12-18-15-8-3-1-6-13(15)14-7-2-4-9-16(14)18/h1-4,6-9,17-19H,5,10-12H2,(H,22,25)(H,23,24)/p-1/t17-,19-/m1/s1. The number of carboxylic acids is 1. The van der Waals surface area contributed by atoms with Crippen LogP contribution in [-0.2, 0) is 9.53 Å². The minimum atomic E-state index is -0.886. The van der Waals surface area contributed by atoms with E-state index in [1.807, 2.05) is 24.3 Å². The van der Waals surface area contributed by atoms with Gasteiger partial charge in [-0.05, 0) is 35.1 Å². The van der Waals surface area contributed by atoms with E-state index < -0.39 is 24.0 Å². The number of carboxylic acid groups (broad SMARTS) is 1. The topological polar surface area (TPSA) is 82.0 Å². The summed E-state index contributed by atoms with van der Waals surface area (Å²) < 4.78 is 5.43. The van der Waals surface area contributed by atoms with Gasteiger partial charge in [0.25, 0.3) is 0 Å². The SMILES string of the molecule is O=C(O)[C@@H]1CCC[C@H]1N=C([O-])OCC1c2ccccc2-c2ccccc21. The first-order valence-corrected chi connectivity index (χ1v) is 8.94. The predicted molar refractivity (Wildman–Crippen MR) is 95.9 cm³/mol. The van der Waals surface area contributed by atoms with Crippen molar-refractivity contribution in [3.63, 3.8) is 0 Å². The first-order valence-electron chi connectivity index (χ1n) is 8.94. The molecule has 0 spiro atoms. The lowest BCUT2D eigenvalue weighted by Gasteiger charge is -2.22. The van der Waals surface area contributed by atoms with Gasteiger partial charge in [-0.2, -0.15) is 0 Å². The zero-order valence-corrected chi connectivity index (χ0v) is 14.3. The van der Waals surface area contributed by atoms with Crippen molar-refractivity contribution in [1.29, 1.82) is 0 Å². The molecule has 5 heteroatoms. The van der Waals surface area contributed by atoms with E-state index in [0.29, 0.717) is 12.8 Å². The second-order valence-electron chi connectivity index (χ2n) is 6.88. The average molecular weight is 350 g/mol. The quantitative estimate of drug-likeness (QED) is 0.679. The molecule has 1 saturated carbocycles. The fourth-order valence-electron chi connectivity index (χ4n) is 4.15. The number of hydrogen-bond acceptors (Lipinski definition) is 4. The molecule has 0 aliphatic heterocycles. The second kappa shape index (κ2) is 6.83. The smallest absolute Gasteiger partial charge is 0.308 e. The summed E-state index contributed by atoms with van der Waals surface area (Å²) in [5.74, 6) is -1.47. The Balaban J connectivity index is 1.51. The molecule has 5 nitrogen and oxygen atoms in total. The highest BCUT2D eigenvalue weighted by Crippen LogP contribution is 2.44. The molecule has 0 aromatic heterocycles. The van der Waals surface area contributed by atoms with Crippen LogP contribution in [0.3, 0.4) is 0 Å². The first kappa shape index (κ1) is 16.6. The maximum Gasteiger partial charge on any atom is 0.308 e. The molecule has 1 N–H and O–H groups in total.